The van der Waals surface area contributed by atoms with Gasteiger partial charge in [0.1, 0.15) is 12.4 Å². The highest BCUT2D eigenvalue weighted by Gasteiger charge is 2.08. The number of Topliss-reactive ketones (excluding diaryl/α,β-unsaturated/α-hetero) is 1. The van der Waals surface area contributed by atoms with Gasteiger partial charge in [-0.1, -0.05) is 58.5 Å². The van der Waals surface area contributed by atoms with E-state index in [0.29, 0.717) is 49.5 Å². The Kier molecular flexibility index (Phi) is 8.16. The van der Waals surface area contributed by atoms with Crippen molar-refractivity contribution in [1.29, 1.82) is 0 Å². The second-order valence-corrected chi connectivity index (χ2v) is 8.86. The Bertz CT molecular complexity index is 1010. The fraction of sp³-hybridized carbons (Fsp3) is 0.136. The zero-order chi connectivity index (χ0) is 20.8. The highest BCUT2D eigenvalue weighted by Crippen LogP contribution is 2.26. The second kappa shape index (κ2) is 10.6. The number of ketones is 1. The van der Waals surface area contributed by atoms with Gasteiger partial charge in [-0.3, -0.25) is 4.79 Å². The lowest BCUT2D eigenvalue weighted by Gasteiger charge is -2.08. The topological polar surface area (TPSA) is 26.3 Å². The molecule has 0 heterocycles. The lowest BCUT2D eigenvalue weighted by molar-refractivity contribution is 0.102. The molecule has 0 aliphatic heterocycles. The summed E-state index contributed by atoms with van der Waals surface area (Å²) in [4.78, 5) is 12.4. The molecule has 0 saturated carbocycles. The summed E-state index contributed by atoms with van der Waals surface area (Å²) in [6.07, 6.45) is 0. The van der Waals surface area contributed by atoms with E-state index in [9.17, 15) is 4.79 Å². The van der Waals surface area contributed by atoms with Crippen LogP contribution in [-0.2, 0) is 12.4 Å². The molecule has 0 bridgehead atoms. The Balaban J connectivity index is 1.49. The van der Waals surface area contributed by atoms with E-state index in [2.05, 4.69) is 0 Å². The molecular formula is C22H16Cl4O2S. The Labute approximate surface area is 194 Å². The first-order chi connectivity index (χ1) is 13.9. The summed E-state index contributed by atoms with van der Waals surface area (Å²) in [5.74, 6) is 1.74. The Morgan fingerprint density at radius 1 is 0.828 bits per heavy atom. The molecular weight excluding hydrogens is 470 g/mol. The van der Waals surface area contributed by atoms with Crippen LogP contribution in [-0.4, -0.2) is 11.5 Å². The predicted octanol–water partition coefficient (Wildman–Crippen LogP) is 8.00. The van der Waals surface area contributed by atoms with E-state index in [0.717, 1.165) is 11.1 Å². The van der Waals surface area contributed by atoms with Crippen molar-refractivity contribution in [2.75, 3.05) is 5.75 Å². The highest BCUT2D eigenvalue weighted by atomic mass is 35.5. The molecule has 0 fully saturated rings. The zero-order valence-corrected chi connectivity index (χ0v) is 19.0. The van der Waals surface area contributed by atoms with Crippen molar-refractivity contribution in [1.82, 2.24) is 0 Å². The van der Waals surface area contributed by atoms with E-state index in [-0.39, 0.29) is 5.78 Å². The molecule has 0 atom stereocenters. The first-order valence-electron chi connectivity index (χ1n) is 8.64. The Morgan fingerprint density at radius 3 is 2.28 bits per heavy atom. The first kappa shape index (κ1) is 22.3. The van der Waals surface area contributed by atoms with Crippen LogP contribution in [0.15, 0.2) is 60.7 Å². The van der Waals surface area contributed by atoms with E-state index in [1.807, 2.05) is 12.1 Å². The van der Waals surface area contributed by atoms with Crippen LogP contribution in [0.5, 0.6) is 5.75 Å². The quantitative estimate of drug-likeness (QED) is 0.302. The molecule has 0 aliphatic carbocycles. The summed E-state index contributed by atoms with van der Waals surface area (Å²) < 4.78 is 5.74. The van der Waals surface area contributed by atoms with E-state index in [1.165, 1.54) is 11.8 Å². The van der Waals surface area contributed by atoms with Crippen LogP contribution in [0.2, 0.25) is 20.1 Å². The van der Waals surface area contributed by atoms with Gasteiger partial charge in [0.05, 0.1) is 15.8 Å². The van der Waals surface area contributed by atoms with Gasteiger partial charge in [-0.15, -0.1) is 11.8 Å². The third-order valence-corrected chi connectivity index (χ3v) is 6.38. The normalized spacial score (nSPS) is 10.8. The molecule has 3 aromatic rings. The molecule has 0 saturated heterocycles. The molecule has 0 spiro atoms. The minimum Gasteiger partial charge on any atom is -0.489 e. The summed E-state index contributed by atoms with van der Waals surface area (Å²) in [5.41, 5.74) is 2.51. The summed E-state index contributed by atoms with van der Waals surface area (Å²) in [5, 5.41) is 2.21. The average Bonchev–Trinajstić information content (AvgIpc) is 2.71. The summed E-state index contributed by atoms with van der Waals surface area (Å²) in [7, 11) is 0. The monoisotopic (exact) mass is 484 g/mol. The van der Waals surface area contributed by atoms with E-state index >= 15 is 0 Å². The molecule has 150 valence electrons. The number of carbonyl (C=O) groups excluding carboxylic acids is 1. The zero-order valence-electron chi connectivity index (χ0n) is 15.1. The number of benzene rings is 3. The smallest absolute Gasteiger partial charge is 0.172 e. The summed E-state index contributed by atoms with van der Waals surface area (Å²) in [6, 6.07) is 17.8. The van der Waals surface area contributed by atoms with Gasteiger partial charge < -0.3 is 4.74 Å². The number of hydrogen-bond donors (Lipinski definition) is 0. The van der Waals surface area contributed by atoms with Gasteiger partial charge in [0.25, 0.3) is 0 Å². The molecule has 29 heavy (non-hydrogen) atoms. The lowest BCUT2D eigenvalue weighted by atomic mass is 10.1. The average molecular weight is 486 g/mol. The van der Waals surface area contributed by atoms with Gasteiger partial charge in [-0.2, -0.15) is 0 Å². The number of hydrogen-bond acceptors (Lipinski definition) is 3. The predicted molar refractivity (Wildman–Crippen MR) is 124 cm³/mol. The van der Waals surface area contributed by atoms with E-state index in [1.54, 1.807) is 48.5 Å². The molecule has 0 N–H and O–H groups in total. The van der Waals surface area contributed by atoms with Crippen molar-refractivity contribution in [2.45, 2.75) is 12.4 Å². The highest BCUT2D eigenvalue weighted by molar-refractivity contribution is 7.99. The molecule has 0 aliphatic rings. The molecule has 3 rings (SSSR count). The van der Waals surface area contributed by atoms with E-state index < -0.39 is 0 Å². The Hall–Kier alpha value is -1.36. The largest absolute Gasteiger partial charge is 0.489 e. The maximum absolute atomic E-state index is 12.4. The number of halogens is 4. The van der Waals surface area contributed by atoms with E-state index in [4.69, 9.17) is 51.1 Å². The third-order valence-electron chi connectivity index (χ3n) is 4.07. The fourth-order valence-electron chi connectivity index (χ4n) is 2.51. The van der Waals surface area contributed by atoms with Gasteiger partial charge in [-0.25, -0.2) is 0 Å². The number of thioether (sulfide) groups is 1. The minimum atomic E-state index is 0.0520. The van der Waals surface area contributed by atoms with Gasteiger partial charge in [0.15, 0.2) is 5.78 Å². The van der Waals surface area contributed by atoms with Crippen LogP contribution in [0.25, 0.3) is 0 Å². The number of carbonyl (C=O) groups is 1. The minimum absolute atomic E-state index is 0.0520. The van der Waals surface area contributed by atoms with Crippen molar-refractivity contribution >= 4 is 63.9 Å². The fourth-order valence-corrected chi connectivity index (χ4v) is 4.31. The SMILES string of the molecule is O=C(CSCc1ccc(Cl)cc1Cl)c1ccc(OCc2ccc(Cl)c(Cl)c2)cc1. The van der Waals surface area contributed by atoms with Crippen molar-refractivity contribution in [3.63, 3.8) is 0 Å². The maximum atomic E-state index is 12.4. The van der Waals surface area contributed by atoms with Crippen molar-refractivity contribution in [2.24, 2.45) is 0 Å². The van der Waals surface area contributed by atoms with Crippen molar-refractivity contribution in [3.8, 4) is 5.75 Å². The van der Waals surface area contributed by atoms with Gasteiger partial charge in [-0.05, 0) is 59.7 Å². The van der Waals surface area contributed by atoms with Crippen LogP contribution in [0.3, 0.4) is 0 Å². The second-order valence-electron chi connectivity index (χ2n) is 6.21. The van der Waals surface area contributed by atoms with Crippen LogP contribution >= 0.6 is 58.2 Å². The summed E-state index contributed by atoms with van der Waals surface area (Å²) in [6.45, 7) is 0.363. The van der Waals surface area contributed by atoms with Gasteiger partial charge in [0.2, 0.25) is 0 Å². The summed E-state index contributed by atoms with van der Waals surface area (Å²) >= 11 is 25.5. The maximum Gasteiger partial charge on any atom is 0.172 e. The third kappa shape index (κ3) is 6.56. The van der Waals surface area contributed by atoms with Crippen LogP contribution in [0.1, 0.15) is 21.5 Å². The van der Waals surface area contributed by atoms with Crippen LogP contribution in [0.4, 0.5) is 0 Å². The van der Waals surface area contributed by atoms with Gasteiger partial charge in [0, 0.05) is 21.4 Å². The molecule has 0 radical (unpaired) electrons. The Morgan fingerprint density at radius 2 is 1.59 bits per heavy atom. The molecule has 3 aromatic carbocycles. The standard InChI is InChI=1S/C22H16Cl4O2S/c23-17-5-2-16(20(25)10-17)12-29-13-22(27)15-3-6-18(7-4-15)28-11-14-1-8-19(24)21(26)9-14/h1-10H,11-13H2. The number of rotatable bonds is 8. The van der Waals surface area contributed by atoms with Crippen molar-refractivity contribution in [3.05, 3.63) is 97.4 Å². The molecule has 0 unspecified atom stereocenters. The van der Waals surface area contributed by atoms with Crippen molar-refractivity contribution < 1.29 is 9.53 Å². The first-order valence-corrected chi connectivity index (χ1v) is 11.3. The molecule has 7 heteroatoms. The van der Waals surface area contributed by atoms with Crippen LogP contribution in [0, 0.1) is 0 Å². The van der Waals surface area contributed by atoms with Crippen LogP contribution < -0.4 is 4.74 Å². The molecule has 0 amide bonds. The molecule has 0 aromatic heterocycles. The number of ether oxygens (including phenoxy) is 1. The molecule has 2 nitrogen and oxygen atoms in total. The lowest BCUT2D eigenvalue weighted by Crippen LogP contribution is -2.03. The van der Waals surface area contributed by atoms with Gasteiger partial charge >= 0.3 is 0 Å².